The highest BCUT2D eigenvalue weighted by Crippen LogP contribution is 2.25. The predicted octanol–water partition coefficient (Wildman–Crippen LogP) is 2.82. The van der Waals surface area contributed by atoms with E-state index < -0.39 is 0 Å². The average molecular weight is 345 g/mol. The molecule has 6 heteroatoms. The fourth-order valence-corrected chi connectivity index (χ4v) is 3.26. The summed E-state index contributed by atoms with van der Waals surface area (Å²) in [7, 11) is 0. The second-order valence-corrected chi connectivity index (χ2v) is 6.70. The molecule has 0 aromatic heterocycles. The highest BCUT2D eigenvalue weighted by atomic mass is 19.1. The summed E-state index contributed by atoms with van der Waals surface area (Å²) >= 11 is 0. The van der Waals surface area contributed by atoms with Crippen LogP contribution < -0.4 is 15.5 Å². The Morgan fingerprint density at radius 1 is 1.28 bits per heavy atom. The minimum atomic E-state index is -0.224. The lowest BCUT2D eigenvalue weighted by Crippen LogP contribution is -2.40. The number of carbonyl (C=O) groups excluding carboxylic acids is 1. The van der Waals surface area contributed by atoms with E-state index in [1.807, 2.05) is 6.92 Å². The lowest BCUT2D eigenvalue weighted by Gasteiger charge is -2.33. The number of nitrogens with one attached hydrogen (secondary N) is 2. The second kappa shape index (κ2) is 7.59. The van der Waals surface area contributed by atoms with Gasteiger partial charge in [0, 0.05) is 25.2 Å². The molecule has 3 rings (SSSR count). The number of anilines is 1. The third-order valence-electron chi connectivity index (χ3n) is 4.79. The zero-order chi connectivity index (χ0) is 17.8. The summed E-state index contributed by atoms with van der Waals surface area (Å²) in [4.78, 5) is 14.5. The van der Waals surface area contributed by atoms with Crippen LogP contribution >= 0.6 is 0 Å². The van der Waals surface area contributed by atoms with E-state index in [9.17, 15) is 14.3 Å². The number of hydrogen-bond acceptors (Lipinski definition) is 4. The molecule has 1 saturated heterocycles. The monoisotopic (exact) mass is 345 g/mol. The molecule has 0 spiro atoms. The molecule has 1 atom stereocenters. The number of amides is 1. The van der Waals surface area contributed by atoms with Gasteiger partial charge in [-0.05, 0) is 62.1 Å². The third-order valence-corrected chi connectivity index (χ3v) is 4.79. The molecule has 1 fully saturated rings. The number of benzene rings is 1. The summed E-state index contributed by atoms with van der Waals surface area (Å²) in [6, 6.07) is 6.36. The van der Waals surface area contributed by atoms with Crippen molar-refractivity contribution in [3.05, 3.63) is 53.8 Å². The van der Waals surface area contributed by atoms with Gasteiger partial charge < -0.3 is 20.6 Å². The normalized spacial score (nSPS) is 21.2. The zero-order valence-corrected chi connectivity index (χ0v) is 14.3. The standard InChI is InChI=1S/C19H24FN3O2/c1-13-17(24)6-7-18(21-13)22-19(25)12-14-8-10-23(11-9-14)16-4-2-15(20)3-5-16/h2-7,13-14,21,24H,8-12H2,1H3,(H,22,25). The molecule has 1 aromatic carbocycles. The van der Waals surface area contributed by atoms with Gasteiger partial charge in [0.15, 0.2) is 0 Å². The molecule has 2 heterocycles. The SMILES string of the molecule is CC1NC(NC(=O)CC2CCN(c3ccc(F)cc3)CC2)=CC=C1O. The van der Waals surface area contributed by atoms with E-state index in [1.165, 1.54) is 12.1 Å². The van der Waals surface area contributed by atoms with Crippen LogP contribution in [0.2, 0.25) is 0 Å². The van der Waals surface area contributed by atoms with Crippen LogP contribution in [0.25, 0.3) is 0 Å². The van der Waals surface area contributed by atoms with E-state index in [-0.39, 0.29) is 23.5 Å². The first-order valence-electron chi connectivity index (χ1n) is 8.69. The van der Waals surface area contributed by atoms with Crippen LogP contribution in [0.3, 0.4) is 0 Å². The molecule has 0 aliphatic carbocycles. The Balaban J connectivity index is 1.46. The van der Waals surface area contributed by atoms with E-state index in [0.29, 0.717) is 18.2 Å². The van der Waals surface area contributed by atoms with E-state index in [4.69, 9.17) is 0 Å². The van der Waals surface area contributed by atoms with Crippen molar-refractivity contribution < 1.29 is 14.3 Å². The Kier molecular flexibility index (Phi) is 5.26. The first kappa shape index (κ1) is 17.3. The number of aliphatic hydroxyl groups is 1. The summed E-state index contributed by atoms with van der Waals surface area (Å²) < 4.78 is 13.0. The van der Waals surface area contributed by atoms with Gasteiger partial charge in [-0.15, -0.1) is 0 Å². The van der Waals surface area contributed by atoms with Crippen molar-refractivity contribution >= 4 is 11.6 Å². The van der Waals surface area contributed by atoms with E-state index in [0.717, 1.165) is 31.6 Å². The molecular weight excluding hydrogens is 321 g/mol. The zero-order valence-electron chi connectivity index (χ0n) is 14.3. The molecule has 5 nitrogen and oxygen atoms in total. The van der Waals surface area contributed by atoms with Crippen LogP contribution in [0, 0.1) is 11.7 Å². The molecule has 1 aromatic rings. The number of piperidine rings is 1. The number of dihydropyridines is 1. The van der Waals surface area contributed by atoms with Gasteiger partial charge in [-0.25, -0.2) is 4.39 Å². The van der Waals surface area contributed by atoms with Crippen LogP contribution in [-0.4, -0.2) is 30.1 Å². The third kappa shape index (κ3) is 4.53. The van der Waals surface area contributed by atoms with E-state index in [1.54, 1.807) is 24.3 Å². The topological polar surface area (TPSA) is 64.6 Å². The van der Waals surface area contributed by atoms with Gasteiger partial charge in [-0.3, -0.25) is 4.79 Å². The molecule has 1 unspecified atom stereocenters. The minimum Gasteiger partial charge on any atom is -0.510 e. The second-order valence-electron chi connectivity index (χ2n) is 6.70. The fourth-order valence-electron chi connectivity index (χ4n) is 3.26. The summed E-state index contributed by atoms with van der Waals surface area (Å²) in [5.41, 5.74) is 1.03. The van der Waals surface area contributed by atoms with Crippen molar-refractivity contribution in [2.75, 3.05) is 18.0 Å². The van der Waals surface area contributed by atoms with Crippen LogP contribution in [0.15, 0.2) is 48.0 Å². The predicted molar refractivity (Wildman–Crippen MR) is 95.5 cm³/mol. The Hall–Kier alpha value is -2.50. The van der Waals surface area contributed by atoms with Gasteiger partial charge in [0.2, 0.25) is 5.91 Å². The number of hydrogen-bond donors (Lipinski definition) is 3. The van der Waals surface area contributed by atoms with Crippen LogP contribution in [0.4, 0.5) is 10.1 Å². The van der Waals surface area contributed by atoms with E-state index >= 15 is 0 Å². The molecule has 1 amide bonds. The number of halogens is 1. The van der Waals surface area contributed by atoms with Crippen LogP contribution in [-0.2, 0) is 4.79 Å². The molecule has 0 saturated carbocycles. The fraction of sp³-hybridized carbons (Fsp3) is 0.421. The van der Waals surface area contributed by atoms with Crippen LogP contribution in [0.5, 0.6) is 0 Å². The van der Waals surface area contributed by atoms with Crippen molar-refractivity contribution in [2.45, 2.75) is 32.2 Å². The summed E-state index contributed by atoms with van der Waals surface area (Å²) in [5.74, 6) is 0.992. The largest absolute Gasteiger partial charge is 0.510 e. The first-order chi connectivity index (χ1) is 12.0. The Bertz CT molecular complexity index is 676. The summed E-state index contributed by atoms with van der Waals surface area (Å²) in [5, 5.41) is 15.4. The molecule has 3 N–H and O–H groups in total. The number of carbonyl (C=O) groups is 1. The maximum absolute atomic E-state index is 13.0. The average Bonchev–Trinajstić information content (AvgIpc) is 2.60. The van der Waals surface area contributed by atoms with Crippen molar-refractivity contribution in [1.82, 2.24) is 10.6 Å². The maximum Gasteiger partial charge on any atom is 0.225 e. The lowest BCUT2D eigenvalue weighted by atomic mass is 9.93. The Labute approximate surface area is 147 Å². The van der Waals surface area contributed by atoms with Crippen molar-refractivity contribution in [3.8, 4) is 0 Å². The summed E-state index contributed by atoms with van der Waals surface area (Å²) in [6.07, 6.45) is 5.63. The van der Waals surface area contributed by atoms with Gasteiger partial charge >= 0.3 is 0 Å². The molecule has 25 heavy (non-hydrogen) atoms. The van der Waals surface area contributed by atoms with Gasteiger partial charge in [0.1, 0.15) is 17.4 Å². The number of aliphatic hydroxyl groups excluding tert-OH is 1. The molecule has 134 valence electrons. The van der Waals surface area contributed by atoms with Gasteiger partial charge in [0.05, 0.1) is 6.04 Å². The smallest absolute Gasteiger partial charge is 0.225 e. The highest BCUT2D eigenvalue weighted by Gasteiger charge is 2.22. The van der Waals surface area contributed by atoms with Gasteiger partial charge in [0.25, 0.3) is 0 Å². The molecule has 0 bridgehead atoms. The lowest BCUT2D eigenvalue weighted by molar-refractivity contribution is -0.121. The van der Waals surface area contributed by atoms with Crippen molar-refractivity contribution in [2.24, 2.45) is 5.92 Å². The number of rotatable bonds is 4. The Morgan fingerprint density at radius 2 is 1.96 bits per heavy atom. The van der Waals surface area contributed by atoms with Gasteiger partial charge in [-0.2, -0.15) is 0 Å². The number of allylic oxidation sites excluding steroid dienone is 2. The maximum atomic E-state index is 13.0. The molecule has 2 aliphatic heterocycles. The molecule has 0 radical (unpaired) electrons. The van der Waals surface area contributed by atoms with Crippen molar-refractivity contribution in [1.29, 1.82) is 0 Å². The Morgan fingerprint density at radius 3 is 2.60 bits per heavy atom. The molecular formula is C19H24FN3O2. The van der Waals surface area contributed by atoms with Crippen LogP contribution in [0.1, 0.15) is 26.2 Å². The van der Waals surface area contributed by atoms with Crippen molar-refractivity contribution in [3.63, 3.8) is 0 Å². The first-order valence-corrected chi connectivity index (χ1v) is 8.69. The molecule has 2 aliphatic rings. The minimum absolute atomic E-state index is 0.0130. The summed E-state index contributed by atoms with van der Waals surface area (Å²) in [6.45, 7) is 3.58. The highest BCUT2D eigenvalue weighted by molar-refractivity contribution is 5.78. The number of nitrogens with zero attached hydrogens (tertiary/aromatic N) is 1. The quantitative estimate of drug-likeness (QED) is 0.785. The van der Waals surface area contributed by atoms with E-state index in [2.05, 4.69) is 15.5 Å². The van der Waals surface area contributed by atoms with Gasteiger partial charge in [-0.1, -0.05) is 0 Å².